The van der Waals surface area contributed by atoms with Gasteiger partial charge in [-0.3, -0.25) is 4.79 Å². The number of esters is 1. The molecule has 1 aliphatic heterocycles. The number of piperidine rings is 1. The minimum Gasteiger partial charge on any atom is -0.460 e. The zero-order valence-electron chi connectivity index (χ0n) is 12.1. The second-order valence-corrected chi connectivity index (χ2v) is 5.82. The number of rotatable bonds is 3. The Labute approximate surface area is 155 Å². The van der Waals surface area contributed by atoms with Gasteiger partial charge in [-0.15, -0.1) is 0 Å². The smallest absolute Gasteiger partial charge is 0.460 e. The second-order valence-electron chi connectivity index (χ2n) is 5.82. The molecule has 0 N–H and O–H groups in total. The molecule has 1 saturated heterocycles. The van der Waals surface area contributed by atoms with Crippen molar-refractivity contribution in [2.75, 3.05) is 19.5 Å². The molecular formula is C11H20BF3KNO2. The van der Waals surface area contributed by atoms with Crippen LogP contribution in [0.5, 0.6) is 0 Å². The summed E-state index contributed by atoms with van der Waals surface area (Å²) in [6, 6.07) is 0. The van der Waals surface area contributed by atoms with Crippen LogP contribution in [0.3, 0.4) is 0 Å². The number of carbonyl (C=O) groups excluding carboxylic acids is 1. The Bertz CT molecular complexity index is 299. The zero-order valence-corrected chi connectivity index (χ0v) is 15.2. The molecule has 0 amide bonds. The molecule has 0 unspecified atom stereocenters. The maximum atomic E-state index is 12.2. The van der Waals surface area contributed by atoms with Crippen molar-refractivity contribution < 1.29 is 73.9 Å². The Morgan fingerprint density at radius 2 is 1.74 bits per heavy atom. The average molecular weight is 305 g/mol. The molecule has 0 spiro atoms. The first kappa shape index (κ1) is 19.9. The first-order valence-corrected chi connectivity index (χ1v) is 6.23. The number of carbonyl (C=O) groups is 1. The van der Waals surface area contributed by atoms with Crippen LogP contribution in [0.25, 0.3) is 0 Å². The fourth-order valence-electron chi connectivity index (χ4n) is 2.03. The monoisotopic (exact) mass is 305 g/mol. The van der Waals surface area contributed by atoms with Gasteiger partial charge in [0.2, 0.25) is 0 Å². The first-order valence-electron chi connectivity index (χ1n) is 6.23. The SMILES string of the molecule is CC(C)(C)OC(=O)C1CCN(C[B-](F)(F)F)CC1.[K+]. The second kappa shape index (κ2) is 7.80. The van der Waals surface area contributed by atoms with Gasteiger partial charge >= 0.3 is 64.3 Å². The van der Waals surface area contributed by atoms with Crippen molar-refractivity contribution in [2.24, 2.45) is 5.92 Å². The summed E-state index contributed by atoms with van der Waals surface area (Å²) >= 11 is 0. The third-order valence-electron chi connectivity index (χ3n) is 2.79. The first-order chi connectivity index (χ1) is 8.07. The quantitative estimate of drug-likeness (QED) is 0.517. The van der Waals surface area contributed by atoms with Crippen molar-refractivity contribution in [1.29, 1.82) is 0 Å². The van der Waals surface area contributed by atoms with Crippen LogP contribution in [0.4, 0.5) is 12.9 Å². The van der Waals surface area contributed by atoms with Crippen molar-refractivity contribution >= 4 is 12.9 Å². The topological polar surface area (TPSA) is 29.5 Å². The van der Waals surface area contributed by atoms with Crippen LogP contribution in [0, 0.1) is 5.92 Å². The number of hydrogen-bond acceptors (Lipinski definition) is 3. The van der Waals surface area contributed by atoms with Gasteiger partial charge in [0.15, 0.2) is 0 Å². The predicted octanol–water partition coefficient (Wildman–Crippen LogP) is -0.569. The van der Waals surface area contributed by atoms with Gasteiger partial charge < -0.3 is 22.6 Å². The van der Waals surface area contributed by atoms with Gasteiger partial charge in [0.25, 0.3) is 0 Å². The molecule has 8 heteroatoms. The van der Waals surface area contributed by atoms with Crippen LogP contribution in [-0.4, -0.2) is 43.0 Å². The molecule has 106 valence electrons. The van der Waals surface area contributed by atoms with Crippen molar-refractivity contribution in [2.45, 2.75) is 39.2 Å². The Morgan fingerprint density at radius 1 is 1.26 bits per heavy atom. The molecule has 1 rings (SSSR count). The number of halogens is 3. The molecule has 0 atom stereocenters. The van der Waals surface area contributed by atoms with E-state index >= 15 is 0 Å². The third kappa shape index (κ3) is 8.72. The Kier molecular flexibility index (Phi) is 8.17. The fourth-order valence-corrected chi connectivity index (χ4v) is 2.03. The number of ether oxygens (including phenoxy) is 1. The molecule has 0 aromatic carbocycles. The summed E-state index contributed by atoms with van der Waals surface area (Å²) in [5.74, 6) is -0.555. The van der Waals surface area contributed by atoms with E-state index < -0.39 is 19.0 Å². The third-order valence-corrected chi connectivity index (χ3v) is 2.79. The van der Waals surface area contributed by atoms with Gasteiger partial charge in [0.1, 0.15) is 5.60 Å². The van der Waals surface area contributed by atoms with Gasteiger partial charge in [-0.25, -0.2) is 0 Å². The van der Waals surface area contributed by atoms with Crippen LogP contribution in [0.15, 0.2) is 0 Å². The molecule has 0 aliphatic carbocycles. The molecule has 0 bridgehead atoms. The van der Waals surface area contributed by atoms with Crippen LogP contribution in [0.1, 0.15) is 33.6 Å². The molecular weight excluding hydrogens is 285 g/mol. The van der Waals surface area contributed by atoms with E-state index in [1.807, 2.05) is 0 Å². The van der Waals surface area contributed by atoms with E-state index in [0.717, 1.165) is 0 Å². The van der Waals surface area contributed by atoms with Gasteiger partial charge in [-0.1, -0.05) is 0 Å². The van der Waals surface area contributed by atoms with Gasteiger partial charge in [0.05, 0.1) is 5.92 Å². The molecule has 1 fully saturated rings. The van der Waals surface area contributed by atoms with Crippen molar-refractivity contribution in [1.82, 2.24) is 4.90 Å². The normalized spacial score (nSPS) is 18.8. The molecule has 0 radical (unpaired) electrons. The van der Waals surface area contributed by atoms with E-state index in [9.17, 15) is 17.7 Å². The Hall–Kier alpha value is 0.921. The summed E-state index contributed by atoms with van der Waals surface area (Å²) in [7, 11) is 0. The van der Waals surface area contributed by atoms with E-state index in [4.69, 9.17) is 4.74 Å². The zero-order chi connectivity index (χ0) is 14.0. The number of likely N-dealkylation sites (tertiary alicyclic amines) is 1. The molecule has 0 aromatic heterocycles. The summed E-state index contributed by atoms with van der Waals surface area (Å²) in [5, 5.41) is 0. The van der Waals surface area contributed by atoms with Crippen LogP contribution in [0.2, 0.25) is 0 Å². The summed E-state index contributed by atoms with van der Waals surface area (Å²) in [6.45, 7) is 1.20. The summed E-state index contributed by atoms with van der Waals surface area (Å²) in [6.07, 6.45) is 0.0587. The van der Waals surface area contributed by atoms with E-state index in [1.165, 1.54) is 4.90 Å². The average Bonchev–Trinajstić information content (AvgIpc) is 2.13. The minimum absolute atomic E-state index is 0. The number of hydrogen-bond donors (Lipinski definition) is 0. The minimum atomic E-state index is -4.78. The van der Waals surface area contributed by atoms with E-state index in [-0.39, 0.29) is 63.3 Å². The van der Waals surface area contributed by atoms with Crippen molar-refractivity contribution in [3.63, 3.8) is 0 Å². The largest absolute Gasteiger partial charge is 1.00 e. The van der Waals surface area contributed by atoms with E-state index in [1.54, 1.807) is 20.8 Å². The molecule has 0 aromatic rings. The van der Waals surface area contributed by atoms with Gasteiger partial charge in [0, 0.05) is 0 Å². The van der Waals surface area contributed by atoms with E-state index in [2.05, 4.69) is 0 Å². The fraction of sp³-hybridized carbons (Fsp3) is 0.909. The van der Waals surface area contributed by atoms with E-state index in [0.29, 0.717) is 25.9 Å². The number of nitrogens with zero attached hydrogens (tertiary/aromatic N) is 1. The van der Waals surface area contributed by atoms with Crippen LogP contribution < -0.4 is 51.4 Å². The van der Waals surface area contributed by atoms with Gasteiger partial charge in [-0.2, -0.15) is 0 Å². The Balaban J connectivity index is 0.00000324. The Morgan fingerprint density at radius 3 is 2.11 bits per heavy atom. The molecule has 19 heavy (non-hydrogen) atoms. The molecule has 1 aliphatic rings. The molecule has 3 nitrogen and oxygen atoms in total. The van der Waals surface area contributed by atoms with Crippen LogP contribution >= 0.6 is 0 Å². The molecule has 0 saturated carbocycles. The predicted molar refractivity (Wildman–Crippen MR) is 64.1 cm³/mol. The maximum Gasteiger partial charge on any atom is 1.00 e. The summed E-state index contributed by atoms with van der Waals surface area (Å²) < 4.78 is 42.0. The maximum absolute atomic E-state index is 12.2. The van der Waals surface area contributed by atoms with Crippen LogP contribution in [-0.2, 0) is 9.53 Å². The van der Waals surface area contributed by atoms with Crippen molar-refractivity contribution in [3.05, 3.63) is 0 Å². The van der Waals surface area contributed by atoms with Crippen molar-refractivity contribution in [3.8, 4) is 0 Å². The summed E-state index contributed by atoms with van der Waals surface area (Å²) in [5.41, 5.74) is -0.538. The summed E-state index contributed by atoms with van der Waals surface area (Å²) in [4.78, 5) is 13.1. The standard InChI is InChI=1S/C11H20BF3NO2.K/c1-11(2,3)18-10(17)9-4-6-16(7-5-9)8-12(13,14)15;/h9H,4-8H2,1-3H3;/q-1;+1. The van der Waals surface area contributed by atoms with Gasteiger partial charge in [-0.05, 0) is 53.1 Å². The molecule has 1 heterocycles.